The molecule has 1 unspecified atom stereocenters. The first-order valence-corrected chi connectivity index (χ1v) is 7.36. The zero-order chi connectivity index (χ0) is 15.4. The number of aromatic amines is 1. The molecule has 0 aromatic carbocycles. The van der Waals surface area contributed by atoms with Crippen molar-refractivity contribution in [3.63, 3.8) is 0 Å². The molecular formula is C15H19ClN4O. The number of amides is 1. The smallest absolute Gasteiger partial charge is 0.252 e. The number of carbonyl (C=O) groups excluding carboxylic acids is 1. The molecule has 0 saturated heterocycles. The molecule has 0 saturated carbocycles. The number of nitrogens with one attached hydrogen (secondary N) is 2. The Bertz CT molecular complexity index is 610. The van der Waals surface area contributed by atoms with E-state index in [1.165, 1.54) is 0 Å². The fourth-order valence-corrected chi connectivity index (χ4v) is 2.23. The van der Waals surface area contributed by atoms with Crippen molar-refractivity contribution in [1.29, 1.82) is 0 Å². The monoisotopic (exact) mass is 306 g/mol. The minimum Gasteiger partial charge on any atom is -0.347 e. The maximum atomic E-state index is 12.4. The van der Waals surface area contributed by atoms with Crippen LogP contribution in [-0.2, 0) is 0 Å². The average molecular weight is 307 g/mol. The Balaban J connectivity index is 2.20. The molecular weight excluding hydrogens is 288 g/mol. The van der Waals surface area contributed by atoms with Gasteiger partial charge in [-0.05, 0) is 24.5 Å². The molecule has 0 radical (unpaired) electrons. The first-order chi connectivity index (χ1) is 10.0. The number of imidazole rings is 1. The lowest BCUT2D eigenvalue weighted by molar-refractivity contribution is 0.0933. The predicted molar refractivity (Wildman–Crippen MR) is 82.4 cm³/mol. The highest BCUT2D eigenvalue weighted by atomic mass is 35.5. The average Bonchev–Trinajstić information content (AvgIpc) is 2.97. The molecule has 1 atom stereocenters. The molecule has 2 aromatic rings. The lowest BCUT2D eigenvalue weighted by Gasteiger charge is -2.15. The summed E-state index contributed by atoms with van der Waals surface area (Å²) in [6, 6.07) is 3.21. The minimum atomic E-state index is -0.176. The normalized spacial score (nSPS) is 12.4. The maximum Gasteiger partial charge on any atom is 0.252 e. The molecule has 1 amide bonds. The highest BCUT2D eigenvalue weighted by Gasteiger charge is 2.17. The summed E-state index contributed by atoms with van der Waals surface area (Å²) in [6.45, 7) is 6.02. The summed E-state index contributed by atoms with van der Waals surface area (Å²) in [5, 5.41) is 3.29. The molecule has 2 aromatic heterocycles. The number of rotatable bonds is 5. The van der Waals surface area contributed by atoms with E-state index in [1.54, 1.807) is 24.5 Å². The number of hydrogen-bond acceptors (Lipinski definition) is 3. The van der Waals surface area contributed by atoms with E-state index in [1.807, 2.05) is 20.8 Å². The largest absolute Gasteiger partial charge is 0.347 e. The molecule has 5 nitrogen and oxygen atoms in total. The summed E-state index contributed by atoms with van der Waals surface area (Å²) >= 11 is 6.00. The Labute approximate surface area is 129 Å². The van der Waals surface area contributed by atoms with E-state index in [-0.39, 0.29) is 17.9 Å². The summed E-state index contributed by atoms with van der Waals surface area (Å²) < 4.78 is 0. The van der Waals surface area contributed by atoms with Gasteiger partial charge < -0.3 is 10.3 Å². The van der Waals surface area contributed by atoms with Crippen molar-refractivity contribution in [3.05, 3.63) is 46.8 Å². The third kappa shape index (κ3) is 3.82. The van der Waals surface area contributed by atoms with E-state index in [9.17, 15) is 4.79 Å². The number of halogens is 1. The van der Waals surface area contributed by atoms with Gasteiger partial charge in [-0.1, -0.05) is 32.4 Å². The van der Waals surface area contributed by atoms with Crippen LogP contribution in [0.5, 0.6) is 0 Å². The third-order valence-corrected chi connectivity index (χ3v) is 3.42. The molecule has 2 N–H and O–H groups in total. The van der Waals surface area contributed by atoms with Gasteiger partial charge in [-0.3, -0.25) is 4.79 Å². The van der Waals surface area contributed by atoms with Gasteiger partial charge in [0.15, 0.2) is 0 Å². The van der Waals surface area contributed by atoms with Crippen LogP contribution in [0.25, 0.3) is 0 Å². The molecule has 112 valence electrons. The number of carbonyl (C=O) groups is 1. The van der Waals surface area contributed by atoms with E-state index in [0.29, 0.717) is 10.7 Å². The van der Waals surface area contributed by atoms with E-state index in [0.717, 1.165) is 17.9 Å². The summed E-state index contributed by atoms with van der Waals surface area (Å²) in [4.78, 5) is 23.8. The van der Waals surface area contributed by atoms with E-state index >= 15 is 0 Å². The van der Waals surface area contributed by atoms with Crippen molar-refractivity contribution in [2.24, 2.45) is 0 Å². The van der Waals surface area contributed by atoms with Crippen molar-refractivity contribution in [1.82, 2.24) is 20.3 Å². The highest BCUT2D eigenvalue weighted by molar-refractivity contribution is 6.29. The first kappa shape index (κ1) is 15.5. The van der Waals surface area contributed by atoms with Crippen LogP contribution in [0.3, 0.4) is 0 Å². The van der Waals surface area contributed by atoms with Gasteiger partial charge >= 0.3 is 0 Å². The van der Waals surface area contributed by atoms with Gasteiger partial charge in [0.05, 0.1) is 6.04 Å². The van der Waals surface area contributed by atoms with Gasteiger partial charge in [0.1, 0.15) is 11.0 Å². The fourth-order valence-electron chi connectivity index (χ4n) is 2.02. The van der Waals surface area contributed by atoms with Crippen LogP contribution in [-0.4, -0.2) is 20.9 Å². The van der Waals surface area contributed by atoms with Gasteiger partial charge in [-0.25, -0.2) is 9.97 Å². The van der Waals surface area contributed by atoms with Crippen LogP contribution in [0.15, 0.2) is 24.5 Å². The van der Waals surface area contributed by atoms with Crippen molar-refractivity contribution in [2.75, 3.05) is 0 Å². The predicted octanol–water partition coefficient (Wildman–Crippen LogP) is 3.46. The second-order valence-corrected chi connectivity index (χ2v) is 5.55. The molecule has 0 aliphatic carbocycles. The molecule has 6 heteroatoms. The molecule has 0 aliphatic heterocycles. The third-order valence-electron chi connectivity index (χ3n) is 3.23. The first-order valence-electron chi connectivity index (χ1n) is 6.98. The number of H-pyrrole nitrogens is 1. The Morgan fingerprint density at radius 2 is 2.19 bits per heavy atom. The number of nitrogens with zero attached hydrogens (tertiary/aromatic N) is 2. The van der Waals surface area contributed by atoms with E-state index < -0.39 is 0 Å². The lowest BCUT2D eigenvalue weighted by atomic mass is 10.1. The Hall–Kier alpha value is -1.88. The standard InChI is InChI=1S/C15H19ClN4O/c1-4-11(14-17-5-6-18-14)20-15(21)10-7-12(9(2)3)19-13(16)8-10/h5-9,11H,4H2,1-3H3,(H,17,18)(H,20,21). The molecule has 0 bridgehead atoms. The number of pyridine rings is 1. The van der Waals surface area contributed by atoms with Gasteiger partial charge in [0.2, 0.25) is 0 Å². The zero-order valence-corrected chi connectivity index (χ0v) is 13.1. The van der Waals surface area contributed by atoms with Crippen LogP contribution >= 0.6 is 11.6 Å². The Morgan fingerprint density at radius 1 is 1.43 bits per heavy atom. The fraction of sp³-hybridized carbons (Fsp3) is 0.400. The van der Waals surface area contributed by atoms with Crippen molar-refractivity contribution >= 4 is 17.5 Å². The Morgan fingerprint density at radius 3 is 2.76 bits per heavy atom. The van der Waals surface area contributed by atoms with E-state index in [2.05, 4.69) is 20.3 Å². The summed E-state index contributed by atoms with van der Waals surface area (Å²) in [7, 11) is 0. The van der Waals surface area contributed by atoms with Gasteiger partial charge in [0.25, 0.3) is 5.91 Å². The summed E-state index contributed by atoms with van der Waals surface area (Å²) in [6.07, 6.45) is 4.16. The van der Waals surface area contributed by atoms with Gasteiger partial charge in [0, 0.05) is 23.7 Å². The zero-order valence-electron chi connectivity index (χ0n) is 12.4. The van der Waals surface area contributed by atoms with Gasteiger partial charge in [-0.15, -0.1) is 0 Å². The van der Waals surface area contributed by atoms with Crippen molar-refractivity contribution < 1.29 is 4.79 Å². The molecule has 21 heavy (non-hydrogen) atoms. The maximum absolute atomic E-state index is 12.4. The van der Waals surface area contributed by atoms with Crippen LogP contribution in [0.2, 0.25) is 5.15 Å². The van der Waals surface area contributed by atoms with Crippen molar-refractivity contribution in [3.8, 4) is 0 Å². The van der Waals surface area contributed by atoms with Crippen LogP contribution in [0.1, 0.15) is 61.0 Å². The molecule has 0 aliphatic rings. The quantitative estimate of drug-likeness (QED) is 0.831. The SMILES string of the molecule is CCC(NC(=O)c1cc(Cl)nc(C(C)C)c1)c1ncc[nH]1. The topological polar surface area (TPSA) is 70.7 Å². The molecule has 0 fully saturated rings. The molecule has 0 spiro atoms. The van der Waals surface area contributed by atoms with Gasteiger partial charge in [-0.2, -0.15) is 0 Å². The number of aromatic nitrogens is 3. The van der Waals surface area contributed by atoms with Crippen LogP contribution in [0, 0.1) is 0 Å². The number of hydrogen-bond donors (Lipinski definition) is 2. The lowest BCUT2D eigenvalue weighted by Crippen LogP contribution is -2.29. The molecule has 2 heterocycles. The second-order valence-electron chi connectivity index (χ2n) is 5.17. The highest BCUT2D eigenvalue weighted by Crippen LogP contribution is 2.19. The molecule has 2 rings (SSSR count). The van der Waals surface area contributed by atoms with Crippen LogP contribution < -0.4 is 5.32 Å². The Kier molecular flexibility index (Phi) is 4.96. The summed E-state index contributed by atoms with van der Waals surface area (Å²) in [5.41, 5.74) is 1.32. The summed E-state index contributed by atoms with van der Waals surface area (Å²) in [5.74, 6) is 0.779. The van der Waals surface area contributed by atoms with Crippen LogP contribution in [0.4, 0.5) is 0 Å². The van der Waals surface area contributed by atoms with E-state index in [4.69, 9.17) is 11.6 Å². The second kappa shape index (κ2) is 6.72. The minimum absolute atomic E-state index is 0.151. The van der Waals surface area contributed by atoms with Crippen molar-refractivity contribution in [2.45, 2.75) is 39.2 Å².